The number of halogens is 1. The van der Waals surface area contributed by atoms with Crippen LogP contribution < -0.4 is 0 Å². The van der Waals surface area contributed by atoms with E-state index in [1.165, 1.54) is 18.9 Å². The molecule has 3 rings (SSSR count). The molecule has 0 amide bonds. The molecule has 1 saturated heterocycles. The average molecular weight is 306 g/mol. The minimum atomic E-state index is -0.182. The van der Waals surface area contributed by atoms with Gasteiger partial charge in [0, 0.05) is 5.56 Å². The van der Waals surface area contributed by atoms with Crippen molar-refractivity contribution in [2.75, 3.05) is 0 Å². The summed E-state index contributed by atoms with van der Waals surface area (Å²) >= 11 is 0. The van der Waals surface area contributed by atoms with Gasteiger partial charge in [-0.15, -0.1) is 0 Å². The smallest absolute Gasteiger partial charge is 0.128 e. The molecule has 3 atom stereocenters. The Bertz CT molecular complexity index is 518. The summed E-state index contributed by atoms with van der Waals surface area (Å²) in [6.07, 6.45) is 7.78. The highest BCUT2D eigenvalue weighted by molar-refractivity contribution is 5.16. The number of ether oxygens (including phenoxy) is 2. The first-order valence-electron chi connectivity index (χ1n) is 8.62. The summed E-state index contributed by atoms with van der Waals surface area (Å²) in [4.78, 5) is 0. The second-order valence-electron chi connectivity index (χ2n) is 7.11. The Morgan fingerprint density at radius 1 is 1.23 bits per heavy atom. The fraction of sp³-hybridized carbons (Fsp3) is 0.684. The number of hydrogen-bond acceptors (Lipinski definition) is 2. The molecular formula is C19H27FO2. The topological polar surface area (TPSA) is 18.5 Å². The molecule has 122 valence electrons. The van der Waals surface area contributed by atoms with Gasteiger partial charge in [0.25, 0.3) is 0 Å². The zero-order valence-electron chi connectivity index (χ0n) is 13.7. The predicted molar refractivity (Wildman–Crippen MR) is 85.2 cm³/mol. The van der Waals surface area contributed by atoms with E-state index in [0.717, 1.165) is 32.1 Å². The third kappa shape index (κ3) is 3.07. The van der Waals surface area contributed by atoms with E-state index in [2.05, 4.69) is 13.8 Å². The molecule has 22 heavy (non-hydrogen) atoms. The molecule has 1 aromatic rings. The van der Waals surface area contributed by atoms with Crippen LogP contribution in [0.2, 0.25) is 0 Å². The fourth-order valence-electron chi connectivity index (χ4n) is 3.94. The van der Waals surface area contributed by atoms with E-state index in [0.29, 0.717) is 12.2 Å². The van der Waals surface area contributed by atoms with Crippen LogP contribution in [0, 0.1) is 5.82 Å². The van der Waals surface area contributed by atoms with E-state index >= 15 is 0 Å². The maximum Gasteiger partial charge on any atom is 0.128 e. The third-order valence-corrected chi connectivity index (χ3v) is 5.58. The van der Waals surface area contributed by atoms with Gasteiger partial charge >= 0.3 is 0 Å². The lowest BCUT2D eigenvalue weighted by molar-refractivity contribution is -0.186. The Hall–Kier alpha value is -0.930. The fourth-order valence-corrected chi connectivity index (χ4v) is 3.94. The van der Waals surface area contributed by atoms with Crippen LogP contribution in [0.25, 0.3) is 0 Å². The second-order valence-corrected chi connectivity index (χ2v) is 7.11. The molecule has 2 nitrogen and oxygen atoms in total. The van der Waals surface area contributed by atoms with Gasteiger partial charge in [-0.2, -0.15) is 0 Å². The molecule has 0 radical (unpaired) electrons. The summed E-state index contributed by atoms with van der Waals surface area (Å²) in [5, 5.41) is 0. The Balaban J connectivity index is 1.70. The normalized spacial score (nSPS) is 35.1. The van der Waals surface area contributed by atoms with Crippen molar-refractivity contribution >= 4 is 0 Å². The van der Waals surface area contributed by atoms with Gasteiger partial charge in [-0.1, -0.05) is 38.0 Å². The van der Waals surface area contributed by atoms with Gasteiger partial charge < -0.3 is 9.47 Å². The quantitative estimate of drug-likeness (QED) is 0.779. The molecule has 0 bridgehead atoms. The lowest BCUT2D eigenvalue weighted by atomic mass is 9.80. The molecule has 1 aromatic carbocycles. The van der Waals surface area contributed by atoms with Crippen molar-refractivity contribution in [3.8, 4) is 0 Å². The predicted octanol–water partition coefficient (Wildman–Crippen LogP) is 5.00. The van der Waals surface area contributed by atoms with Crippen LogP contribution in [0.4, 0.5) is 4.39 Å². The van der Waals surface area contributed by atoms with Crippen LogP contribution in [-0.4, -0.2) is 17.3 Å². The van der Waals surface area contributed by atoms with Gasteiger partial charge in [0.1, 0.15) is 5.82 Å². The molecule has 1 aliphatic heterocycles. The summed E-state index contributed by atoms with van der Waals surface area (Å²) in [5.41, 5.74) is 0.477. The zero-order chi connectivity index (χ0) is 15.6. The molecule has 2 fully saturated rings. The molecule has 1 aliphatic carbocycles. The molecule has 0 N–H and O–H groups in total. The van der Waals surface area contributed by atoms with Crippen molar-refractivity contribution in [2.24, 2.45) is 0 Å². The Morgan fingerprint density at radius 2 is 2.05 bits per heavy atom. The SMILES string of the molecule is CCC1(C)CCC2(CCCCC2OCc2ccccc2F)O1. The summed E-state index contributed by atoms with van der Waals surface area (Å²) < 4.78 is 26.5. The Morgan fingerprint density at radius 3 is 2.77 bits per heavy atom. The van der Waals surface area contributed by atoms with Crippen LogP contribution >= 0.6 is 0 Å². The van der Waals surface area contributed by atoms with Gasteiger partial charge in [0.15, 0.2) is 0 Å². The molecule has 1 heterocycles. The van der Waals surface area contributed by atoms with Gasteiger partial charge in [0.2, 0.25) is 0 Å². The Labute approximate surface area is 133 Å². The zero-order valence-corrected chi connectivity index (χ0v) is 13.7. The first-order valence-corrected chi connectivity index (χ1v) is 8.62. The second kappa shape index (κ2) is 6.29. The lowest BCUT2D eigenvalue weighted by Gasteiger charge is -2.42. The molecule has 3 heteroatoms. The molecule has 1 spiro atoms. The highest BCUT2D eigenvalue weighted by Crippen LogP contribution is 2.48. The van der Waals surface area contributed by atoms with Crippen molar-refractivity contribution in [1.82, 2.24) is 0 Å². The highest BCUT2D eigenvalue weighted by Gasteiger charge is 2.51. The van der Waals surface area contributed by atoms with Crippen LogP contribution in [0.5, 0.6) is 0 Å². The standard InChI is InChI=1S/C19H27FO2/c1-3-18(2)12-13-19(22-18)11-7-6-10-17(19)21-14-15-8-4-5-9-16(15)20/h4-5,8-9,17H,3,6-7,10-14H2,1-2H3. The molecule has 1 saturated carbocycles. The maximum atomic E-state index is 13.8. The van der Waals surface area contributed by atoms with Gasteiger partial charge in [-0.05, 0) is 45.1 Å². The minimum absolute atomic E-state index is 0.0169. The van der Waals surface area contributed by atoms with Gasteiger partial charge in [-0.25, -0.2) is 4.39 Å². The molecular weight excluding hydrogens is 279 g/mol. The van der Waals surface area contributed by atoms with E-state index in [4.69, 9.17) is 9.47 Å². The van der Waals surface area contributed by atoms with Crippen molar-refractivity contribution in [1.29, 1.82) is 0 Å². The van der Waals surface area contributed by atoms with Crippen molar-refractivity contribution in [3.05, 3.63) is 35.6 Å². The van der Waals surface area contributed by atoms with Gasteiger partial charge in [0.05, 0.1) is 23.9 Å². The highest BCUT2D eigenvalue weighted by atomic mass is 19.1. The first kappa shape index (κ1) is 15.9. The van der Waals surface area contributed by atoms with Crippen LogP contribution in [0.3, 0.4) is 0 Å². The maximum absolute atomic E-state index is 13.8. The summed E-state index contributed by atoms with van der Waals surface area (Å²) in [5.74, 6) is -0.182. The summed E-state index contributed by atoms with van der Waals surface area (Å²) in [6, 6.07) is 6.87. The Kier molecular flexibility index (Phi) is 4.56. The largest absolute Gasteiger partial charge is 0.370 e. The summed E-state index contributed by atoms with van der Waals surface area (Å²) in [7, 11) is 0. The van der Waals surface area contributed by atoms with E-state index in [-0.39, 0.29) is 23.1 Å². The molecule has 3 unspecified atom stereocenters. The van der Waals surface area contributed by atoms with Crippen LogP contribution in [0.15, 0.2) is 24.3 Å². The van der Waals surface area contributed by atoms with E-state index in [1.54, 1.807) is 12.1 Å². The minimum Gasteiger partial charge on any atom is -0.370 e. The first-order chi connectivity index (χ1) is 10.6. The van der Waals surface area contributed by atoms with Crippen LogP contribution in [0.1, 0.15) is 64.4 Å². The van der Waals surface area contributed by atoms with Crippen molar-refractivity contribution in [3.63, 3.8) is 0 Å². The van der Waals surface area contributed by atoms with E-state index < -0.39 is 0 Å². The van der Waals surface area contributed by atoms with E-state index in [9.17, 15) is 4.39 Å². The molecule has 0 aromatic heterocycles. The number of hydrogen-bond donors (Lipinski definition) is 0. The monoisotopic (exact) mass is 306 g/mol. The third-order valence-electron chi connectivity index (χ3n) is 5.58. The molecule has 2 aliphatic rings. The van der Waals surface area contributed by atoms with Crippen LogP contribution in [-0.2, 0) is 16.1 Å². The lowest BCUT2D eigenvalue weighted by Crippen LogP contribution is -2.47. The van der Waals surface area contributed by atoms with Gasteiger partial charge in [-0.3, -0.25) is 0 Å². The van der Waals surface area contributed by atoms with E-state index in [1.807, 2.05) is 6.07 Å². The average Bonchev–Trinajstić information content (AvgIpc) is 2.87. The van der Waals surface area contributed by atoms with Crippen molar-refractivity contribution < 1.29 is 13.9 Å². The summed E-state index contributed by atoms with van der Waals surface area (Å²) in [6.45, 7) is 4.74. The number of benzene rings is 1. The van der Waals surface area contributed by atoms with Crippen molar-refractivity contribution in [2.45, 2.75) is 82.7 Å². The number of rotatable bonds is 4.